The highest BCUT2D eigenvalue weighted by atomic mass is 32.1. The molecular weight excluding hydrogens is 274 g/mol. The molecule has 1 unspecified atom stereocenters. The number of ether oxygens (including phenoxy) is 1. The molecule has 2 aromatic rings. The van der Waals surface area contributed by atoms with E-state index in [0.29, 0.717) is 11.3 Å². The second-order valence-corrected chi connectivity index (χ2v) is 5.04. The van der Waals surface area contributed by atoms with Crippen LogP contribution in [0.2, 0.25) is 0 Å². The fourth-order valence-corrected chi connectivity index (χ4v) is 2.50. The van der Waals surface area contributed by atoms with E-state index in [2.05, 4.69) is 10.3 Å². The molecule has 0 bridgehead atoms. The van der Waals surface area contributed by atoms with E-state index < -0.39 is 0 Å². The van der Waals surface area contributed by atoms with Crippen LogP contribution in [0.5, 0.6) is 5.75 Å². The molecular formula is C14H19N3O2S. The van der Waals surface area contributed by atoms with Gasteiger partial charge in [0, 0.05) is 12.6 Å². The van der Waals surface area contributed by atoms with Crippen LogP contribution < -0.4 is 10.1 Å². The fourth-order valence-electron chi connectivity index (χ4n) is 2.13. The molecule has 2 N–H and O–H groups in total. The monoisotopic (exact) mass is 293 g/mol. The third kappa shape index (κ3) is 2.70. The minimum absolute atomic E-state index is 0.0281. The number of rotatable bonds is 5. The van der Waals surface area contributed by atoms with E-state index in [9.17, 15) is 4.79 Å². The molecule has 0 spiro atoms. The number of methoxy groups -OCH3 is 1. The molecule has 0 fully saturated rings. The molecule has 6 heteroatoms. The normalized spacial score (nSPS) is 12.3. The van der Waals surface area contributed by atoms with Crippen molar-refractivity contribution < 1.29 is 9.53 Å². The molecule has 1 aromatic carbocycles. The number of nitrogens with zero attached hydrogens (tertiary/aromatic N) is 1. The summed E-state index contributed by atoms with van der Waals surface area (Å²) >= 11 is 5.33. The van der Waals surface area contributed by atoms with E-state index in [0.717, 1.165) is 23.2 Å². The van der Waals surface area contributed by atoms with Gasteiger partial charge >= 0.3 is 0 Å². The number of carbonyl (C=O) groups excluding carboxylic acids is 1. The lowest BCUT2D eigenvalue weighted by Gasteiger charge is -2.14. The molecule has 20 heavy (non-hydrogen) atoms. The van der Waals surface area contributed by atoms with Crippen LogP contribution in [0.1, 0.15) is 26.3 Å². The van der Waals surface area contributed by atoms with Crippen LogP contribution in [-0.2, 0) is 4.79 Å². The van der Waals surface area contributed by atoms with Gasteiger partial charge in [0.05, 0.1) is 18.1 Å². The van der Waals surface area contributed by atoms with Gasteiger partial charge in [-0.05, 0) is 37.7 Å². The van der Waals surface area contributed by atoms with Crippen LogP contribution >= 0.6 is 12.2 Å². The van der Waals surface area contributed by atoms with Crippen LogP contribution in [0.15, 0.2) is 18.2 Å². The summed E-state index contributed by atoms with van der Waals surface area (Å²) in [5.74, 6) is 0.726. The average Bonchev–Trinajstić information content (AvgIpc) is 2.78. The summed E-state index contributed by atoms with van der Waals surface area (Å²) in [5.41, 5.74) is 1.76. The maximum Gasteiger partial charge on any atom is 0.242 e. The van der Waals surface area contributed by atoms with E-state index in [-0.39, 0.29) is 11.9 Å². The van der Waals surface area contributed by atoms with Crippen molar-refractivity contribution in [1.29, 1.82) is 0 Å². The standard InChI is InChI=1S/C14H19N3O2S/c1-4-7-15-13(18)9(2)17-12-6-5-10(19-3)8-11(12)16-14(17)20/h5-6,8-9H,4,7H2,1-3H3,(H,15,18)(H,16,20). The Bertz CT molecular complexity index is 675. The third-order valence-electron chi connectivity index (χ3n) is 3.24. The predicted molar refractivity (Wildman–Crippen MR) is 81.7 cm³/mol. The van der Waals surface area contributed by atoms with Gasteiger partial charge < -0.3 is 19.6 Å². The van der Waals surface area contributed by atoms with E-state index in [1.807, 2.05) is 36.6 Å². The fraction of sp³-hybridized carbons (Fsp3) is 0.429. The SMILES string of the molecule is CCCNC(=O)C(C)n1c(=S)[nH]c2cc(OC)ccc21. The number of benzene rings is 1. The van der Waals surface area contributed by atoms with Crippen molar-refractivity contribution in [3.63, 3.8) is 0 Å². The highest BCUT2D eigenvalue weighted by Gasteiger charge is 2.18. The lowest BCUT2D eigenvalue weighted by Crippen LogP contribution is -2.31. The molecule has 2 rings (SSSR count). The summed E-state index contributed by atoms with van der Waals surface area (Å²) in [5, 5.41) is 2.89. The molecule has 0 aliphatic carbocycles. The molecule has 1 amide bonds. The quantitative estimate of drug-likeness (QED) is 0.833. The molecule has 0 aliphatic rings. The van der Waals surface area contributed by atoms with Gasteiger partial charge in [-0.3, -0.25) is 4.79 Å². The molecule has 0 saturated carbocycles. The number of fused-ring (bicyclic) bond motifs is 1. The second-order valence-electron chi connectivity index (χ2n) is 4.65. The predicted octanol–water partition coefficient (Wildman–Crippen LogP) is 2.79. The zero-order valence-corrected chi connectivity index (χ0v) is 12.7. The van der Waals surface area contributed by atoms with Gasteiger partial charge in [-0.2, -0.15) is 0 Å². The molecule has 1 atom stereocenters. The van der Waals surface area contributed by atoms with Crippen LogP contribution in [0.4, 0.5) is 0 Å². The van der Waals surface area contributed by atoms with Gasteiger partial charge in [-0.1, -0.05) is 6.92 Å². The summed E-state index contributed by atoms with van der Waals surface area (Å²) in [6.07, 6.45) is 0.912. The first kappa shape index (κ1) is 14.6. The minimum atomic E-state index is -0.351. The lowest BCUT2D eigenvalue weighted by atomic mass is 10.2. The van der Waals surface area contributed by atoms with Crippen molar-refractivity contribution >= 4 is 29.2 Å². The zero-order valence-electron chi connectivity index (χ0n) is 11.9. The Morgan fingerprint density at radius 1 is 1.55 bits per heavy atom. The van der Waals surface area contributed by atoms with Crippen molar-refractivity contribution in [3.05, 3.63) is 23.0 Å². The van der Waals surface area contributed by atoms with Gasteiger partial charge in [-0.15, -0.1) is 0 Å². The second kappa shape index (κ2) is 6.09. The highest BCUT2D eigenvalue weighted by molar-refractivity contribution is 7.71. The number of H-pyrrole nitrogens is 1. The highest BCUT2D eigenvalue weighted by Crippen LogP contribution is 2.23. The molecule has 1 heterocycles. The summed E-state index contributed by atoms with van der Waals surface area (Å²) in [7, 11) is 1.62. The van der Waals surface area contributed by atoms with E-state index >= 15 is 0 Å². The summed E-state index contributed by atoms with van der Waals surface area (Å²) in [4.78, 5) is 15.2. The van der Waals surface area contributed by atoms with E-state index in [4.69, 9.17) is 17.0 Å². The molecule has 0 radical (unpaired) electrons. The van der Waals surface area contributed by atoms with Gasteiger partial charge in [0.2, 0.25) is 5.91 Å². The number of hydrogen-bond acceptors (Lipinski definition) is 3. The van der Waals surface area contributed by atoms with Crippen molar-refractivity contribution in [3.8, 4) is 5.75 Å². The van der Waals surface area contributed by atoms with Gasteiger partial charge in [-0.25, -0.2) is 0 Å². The number of aromatic nitrogens is 2. The minimum Gasteiger partial charge on any atom is -0.497 e. The van der Waals surface area contributed by atoms with Crippen LogP contribution in [-0.4, -0.2) is 29.1 Å². The van der Waals surface area contributed by atoms with Gasteiger partial charge in [0.1, 0.15) is 11.8 Å². The number of nitrogens with one attached hydrogen (secondary N) is 2. The van der Waals surface area contributed by atoms with Gasteiger partial charge in [0.15, 0.2) is 4.77 Å². The van der Waals surface area contributed by atoms with Crippen LogP contribution in [0.25, 0.3) is 11.0 Å². The van der Waals surface area contributed by atoms with Crippen LogP contribution in [0.3, 0.4) is 0 Å². The topological polar surface area (TPSA) is 59.0 Å². The summed E-state index contributed by atoms with van der Waals surface area (Å²) in [6.45, 7) is 4.54. The molecule has 1 aromatic heterocycles. The van der Waals surface area contributed by atoms with Crippen molar-refractivity contribution in [2.45, 2.75) is 26.3 Å². The van der Waals surface area contributed by atoms with Crippen molar-refractivity contribution in [2.75, 3.05) is 13.7 Å². The maximum absolute atomic E-state index is 12.1. The third-order valence-corrected chi connectivity index (χ3v) is 3.54. The molecule has 5 nitrogen and oxygen atoms in total. The Balaban J connectivity index is 2.41. The first-order chi connectivity index (χ1) is 9.58. The smallest absolute Gasteiger partial charge is 0.242 e. The van der Waals surface area contributed by atoms with E-state index in [1.165, 1.54) is 0 Å². The lowest BCUT2D eigenvalue weighted by molar-refractivity contribution is -0.123. The Hall–Kier alpha value is -1.82. The number of amides is 1. The number of hydrogen-bond donors (Lipinski definition) is 2. The Morgan fingerprint density at radius 3 is 2.95 bits per heavy atom. The number of imidazole rings is 1. The average molecular weight is 293 g/mol. The summed E-state index contributed by atoms with van der Waals surface area (Å²) < 4.78 is 7.55. The molecule has 0 saturated heterocycles. The number of aromatic amines is 1. The van der Waals surface area contributed by atoms with E-state index in [1.54, 1.807) is 7.11 Å². The Kier molecular flexibility index (Phi) is 4.44. The maximum atomic E-state index is 12.1. The zero-order chi connectivity index (χ0) is 14.7. The molecule has 108 valence electrons. The Labute approximate surface area is 122 Å². The largest absolute Gasteiger partial charge is 0.497 e. The molecule has 0 aliphatic heterocycles. The Morgan fingerprint density at radius 2 is 2.30 bits per heavy atom. The van der Waals surface area contributed by atoms with Crippen molar-refractivity contribution in [1.82, 2.24) is 14.9 Å². The van der Waals surface area contributed by atoms with Gasteiger partial charge in [0.25, 0.3) is 0 Å². The van der Waals surface area contributed by atoms with Crippen molar-refractivity contribution in [2.24, 2.45) is 0 Å². The first-order valence-electron chi connectivity index (χ1n) is 6.64. The first-order valence-corrected chi connectivity index (χ1v) is 7.05. The summed E-state index contributed by atoms with van der Waals surface area (Å²) in [6, 6.07) is 5.29. The van der Waals surface area contributed by atoms with Crippen LogP contribution in [0, 0.1) is 4.77 Å². The number of carbonyl (C=O) groups is 1.